The van der Waals surface area contributed by atoms with Gasteiger partial charge in [-0.15, -0.1) is 0 Å². The fourth-order valence-corrected chi connectivity index (χ4v) is 4.77. The largest absolute Gasteiger partial charge is 0.381 e. The summed E-state index contributed by atoms with van der Waals surface area (Å²) in [7, 11) is 2.12. The number of likely N-dealkylation sites (tertiary alicyclic amines) is 2. The smallest absolute Gasteiger partial charge is 0.227 e. The standard InChI is InChI=1S/C21H38N4O3/c1-3-28-16-8-20(26)23-10-6-19(7-11-23)25-9-4-5-18(17-25)21(27)24-14-12-22(2)13-15-24/h18-19H,3-17H2,1-2H3. The van der Waals surface area contributed by atoms with Gasteiger partial charge in [-0.1, -0.05) is 0 Å². The molecule has 0 bridgehead atoms. The summed E-state index contributed by atoms with van der Waals surface area (Å²) in [4.78, 5) is 34.1. The molecule has 0 aliphatic carbocycles. The van der Waals surface area contributed by atoms with Crippen molar-refractivity contribution in [2.45, 2.75) is 45.1 Å². The Morgan fingerprint density at radius 2 is 1.64 bits per heavy atom. The second-order valence-corrected chi connectivity index (χ2v) is 8.52. The quantitative estimate of drug-likeness (QED) is 0.627. The Hall–Kier alpha value is -1.18. The molecule has 2 amide bonds. The first-order chi connectivity index (χ1) is 13.6. The molecule has 0 spiro atoms. The molecule has 0 radical (unpaired) electrons. The Labute approximate surface area is 169 Å². The van der Waals surface area contributed by atoms with Crippen molar-refractivity contribution in [2.75, 3.05) is 72.6 Å². The number of hydrogen-bond donors (Lipinski definition) is 0. The number of carbonyl (C=O) groups is 2. The van der Waals surface area contributed by atoms with E-state index in [-0.39, 0.29) is 11.8 Å². The molecule has 0 aromatic carbocycles. The van der Waals surface area contributed by atoms with Gasteiger partial charge in [0.15, 0.2) is 0 Å². The van der Waals surface area contributed by atoms with E-state index in [0.717, 1.165) is 78.0 Å². The summed E-state index contributed by atoms with van der Waals surface area (Å²) in [6.07, 6.45) is 4.67. The zero-order valence-corrected chi connectivity index (χ0v) is 17.8. The second kappa shape index (κ2) is 10.6. The topological polar surface area (TPSA) is 56.3 Å². The van der Waals surface area contributed by atoms with Crippen LogP contribution in [0.5, 0.6) is 0 Å². The van der Waals surface area contributed by atoms with Gasteiger partial charge in [0.05, 0.1) is 18.9 Å². The Morgan fingerprint density at radius 1 is 0.929 bits per heavy atom. The Bertz CT molecular complexity index is 514. The van der Waals surface area contributed by atoms with Gasteiger partial charge >= 0.3 is 0 Å². The lowest BCUT2D eigenvalue weighted by Crippen LogP contribution is -2.54. The van der Waals surface area contributed by atoms with Crippen LogP contribution < -0.4 is 0 Å². The second-order valence-electron chi connectivity index (χ2n) is 8.52. The maximum Gasteiger partial charge on any atom is 0.227 e. The zero-order chi connectivity index (χ0) is 19.9. The predicted molar refractivity (Wildman–Crippen MR) is 109 cm³/mol. The van der Waals surface area contributed by atoms with Crippen molar-refractivity contribution in [1.82, 2.24) is 19.6 Å². The van der Waals surface area contributed by atoms with E-state index in [1.165, 1.54) is 0 Å². The number of piperidine rings is 2. The molecule has 3 aliphatic rings. The monoisotopic (exact) mass is 394 g/mol. The highest BCUT2D eigenvalue weighted by Gasteiger charge is 2.34. The summed E-state index contributed by atoms with van der Waals surface area (Å²) in [5.74, 6) is 0.734. The number of amides is 2. The first kappa shape index (κ1) is 21.5. The first-order valence-corrected chi connectivity index (χ1v) is 11.2. The van der Waals surface area contributed by atoms with Crippen molar-refractivity contribution in [3.63, 3.8) is 0 Å². The number of hydrogen-bond acceptors (Lipinski definition) is 5. The van der Waals surface area contributed by atoms with Gasteiger partial charge in [0.1, 0.15) is 0 Å². The molecule has 1 atom stereocenters. The zero-order valence-electron chi connectivity index (χ0n) is 17.8. The lowest BCUT2D eigenvalue weighted by Gasteiger charge is -2.43. The van der Waals surface area contributed by atoms with Crippen molar-refractivity contribution < 1.29 is 14.3 Å². The number of rotatable bonds is 6. The Kier molecular flexibility index (Phi) is 8.11. The van der Waals surface area contributed by atoms with Gasteiger partial charge in [-0.05, 0) is 46.2 Å². The summed E-state index contributed by atoms with van der Waals surface area (Å²) in [5, 5.41) is 0. The molecule has 28 heavy (non-hydrogen) atoms. The van der Waals surface area contributed by atoms with Gasteiger partial charge in [-0.25, -0.2) is 0 Å². The van der Waals surface area contributed by atoms with E-state index in [1.54, 1.807) is 0 Å². The molecule has 0 aromatic heterocycles. The van der Waals surface area contributed by atoms with Gasteiger partial charge in [0.2, 0.25) is 11.8 Å². The molecule has 3 saturated heterocycles. The lowest BCUT2D eigenvalue weighted by atomic mass is 9.92. The van der Waals surface area contributed by atoms with Gasteiger partial charge in [-0.2, -0.15) is 0 Å². The molecule has 1 unspecified atom stereocenters. The van der Waals surface area contributed by atoms with E-state index in [2.05, 4.69) is 21.7 Å². The van der Waals surface area contributed by atoms with Crippen LogP contribution in [0.3, 0.4) is 0 Å². The van der Waals surface area contributed by atoms with Gasteiger partial charge in [-0.3, -0.25) is 14.5 Å². The average Bonchev–Trinajstić information content (AvgIpc) is 2.74. The maximum absolute atomic E-state index is 13.0. The van der Waals surface area contributed by atoms with Crippen molar-refractivity contribution >= 4 is 11.8 Å². The summed E-state index contributed by atoms with van der Waals surface area (Å²) in [5.41, 5.74) is 0. The van der Waals surface area contributed by atoms with Gasteiger partial charge < -0.3 is 19.4 Å². The fourth-order valence-electron chi connectivity index (χ4n) is 4.77. The first-order valence-electron chi connectivity index (χ1n) is 11.2. The van der Waals surface area contributed by atoms with Crippen LogP contribution in [0.2, 0.25) is 0 Å². The van der Waals surface area contributed by atoms with Crippen molar-refractivity contribution in [3.05, 3.63) is 0 Å². The Balaban J connectivity index is 1.43. The highest BCUT2D eigenvalue weighted by atomic mass is 16.5. The molecule has 7 nitrogen and oxygen atoms in total. The number of piperazine rings is 1. The lowest BCUT2D eigenvalue weighted by molar-refractivity contribution is -0.139. The van der Waals surface area contributed by atoms with Crippen molar-refractivity contribution in [1.29, 1.82) is 0 Å². The highest BCUT2D eigenvalue weighted by molar-refractivity contribution is 5.79. The summed E-state index contributed by atoms with van der Waals surface area (Å²) in [6.45, 7) is 10.5. The Morgan fingerprint density at radius 3 is 2.32 bits per heavy atom. The van der Waals surface area contributed by atoms with Crippen LogP contribution in [0.25, 0.3) is 0 Å². The molecule has 3 fully saturated rings. The number of likely N-dealkylation sites (N-methyl/N-ethyl adjacent to an activating group) is 1. The minimum Gasteiger partial charge on any atom is -0.381 e. The van der Waals surface area contributed by atoms with Crippen LogP contribution in [-0.4, -0.2) is 110 Å². The van der Waals surface area contributed by atoms with Crippen LogP contribution >= 0.6 is 0 Å². The van der Waals surface area contributed by atoms with Crippen LogP contribution in [0.15, 0.2) is 0 Å². The van der Waals surface area contributed by atoms with Crippen LogP contribution in [-0.2, 0) is 14.3 Å². The van der Waals surface area contributed by atoms with Crippen LogP contribution in [0, 0.1) is 5.92 Å². The predicted octanol–water partition coefficient (Wildman–Crippen LogP) is 0.890. The third kappa shape index (κ3) is 5.67. The maximum atomic E-state index is 13.0. The fraction of sp³-hybridized carbons (Fsp3) is 0.905. The highest BCUT2D eigenvalue weighted by Crippen LogP contribution is 2.25. The molecule has 3 heterocycles. The summed E-state index contributed by atoms with van der Waals surface area (Å²) in [6, 6.07) is 0.513. The molecule has 0 saturated carbocycles. The SMILES string of the molecule is CCOCCC(=O)N1CCC(N2CCCC(C(=O)N3CCN(C)CC3)C2)CC1. The van der Waals surface area contributed by atoms with Gasteiger partial charge in [0, 0.05) is 58.5 Å². The van der Waals surface area contributed by atoms with Crippen molar-refractivity contribution in [3.8, 4) is 0 Å². The molecular weight excluding hydrogens is 356 g/mol. The third-order valence-corrected chi connectivity index (χ3v) is 6.61. The van der Waals surface area contributed by atoms with E-state index >= 15 is 0 Å². The summed E-state index contributed by atoms with van der Waals surface area (Å²) >= 11 is 0. The molecule has 7 heteroatoms. The number of nitrogens with zero attached hydrogens (tertiary/aromatic N) is 4. The number of ether oxygens (including phenoxy) is 1. The third-order valence-electron chi connectivity index (χ3n) is 6.61. The van der Waals surface area contributed by atoms with E-state index in [0.29, 0.717) is 31.6 Å². The van der Waals surface area contributed by atoms with Crippen LogP contribution in [0.1, 0.15) is 39.0 Å². The van der Waals surface area contributed by atoms with Crippen molar-refractivity contribution in [2.24, 2.45) is 5.92 Å². The summed E-state index contributed by atoms with van der Waals surface area (Å²) < 4.78 is 5.31. The van der Waals surface area contributed by atoms with E-state index in [1.807, 2.05) is 11.8 Å². The molecule has 0 aromatic rings. The minimum atomic E-state index is 0.156. The molecular formula is C21H38N4O3. The molecule has 3 aliphatic heterocycles. The van der Waals surface area contributed by atoms with E-state index in [9.17, 15) is 9.59 Å². The molecule has 160 valence electrons. The molecule has 3 rings (SSSR count). The molecule has 0 N–H and O–H groups in total. The van der Waals surface area contributed by atoms with E-state index in [4.69, 9.17) is 4.74 Å². The number of carbonyl (C=O) groups excluding carboxylic acids is 2. The minimum absolute atomic E-state index is 0.156. The van der Waals surface area contributed by atoms with E-state index < -0.39 is 0 Å². The van der Waals surface area contributed by atoms with Crippen LogP contribution in [0.4, 0.5) is 0 Å². The average molecular weight is 395 g/mol. The van der Waals surface area contributed by atoms with Gasteiger partial charge in [0.25, 0.3) is 0 Å². The normalized spacial score (nSPS) is 25.9.